The molecule has 0 aliphatic heterocycles. The number of hydrogen-bond acceptors (Lipinski definition) is 3. The molecule has 2 N–H and O–H groups in total. The van der Waals surface area contributed by atoms with E-state index in [2.05, 4.69) is 0 Å². The van der Waals surface area contributed by atoms with Gasteiger partial charge in [0.1, 0.15) is 6.10 Å². The van der Waals surface area contributed by atoms with Gasteiger partial charge in [0.25, 0.3) is 0 Å². The second-order valence-electron chi connectivity index (χ2n) is 3.64. The van der Waals surface area contributed by atoms with Crippen molar-refractivity contribution in [2.75, 3.05) is 0 Å². The molecule has 86 valence electrons. The third-order valence-electron chi connectivity index (χ3n) is 2.77. The molecule has 0 aromatic carbocycles. The van der Waals surface area contributed by atoms with Crippen LogP contribution in [-0.2, 0) is 0 Å². The van der Waals surface area contributed by atoms with E-state index < -0.39 is 12.2 Å². The Bertz CT molecular complexity index is 297. The lowest BCUT2D eigenvalue weighted by molar-refractivity contribution is -0.0191. The molecule has 0 aliphatic carbocycles. The Morgan fingerprint density at radius 1 is 1.33 bits per heavy atom. The molecule has 15 heavy (non-hydrogen) atoms. The molecule has 0 amide bonds. The topological polar surface area (TPSA) is 40.5 Å². The molecule has 2 unspecified atom stereocenters. The molecule has 4 heteroatoms. The molecule has 0 bridgehead atoms. The molecule has 0 saturated heterocycles. The minimum Gasteiger partial charge on any atom is -0.390 e. The van der Waals surface area contributed by atoms with Gasteiger partial charge in [0, 0.05) is 0 Å². The van der Waals surface area contributed by atoms with Gasteiger partial charge in [0.2, 0.25) is 0 Å². The molecule has 0 radical (unpaired) electrons. The van der Waals surface area contributed by atoms with Crippen molar-refractivity contribution in [2.45, 2.75) is 38.9 Å². The van der Waals surface area contributed by atoms with Gasteiger partial charge in [-0.3, -0.25) is 0 Å². The average molecular weight is 249 g/mol. The van der Waals surface area contributed by atoms with Gasteiger partial charge in [-0.05, 0) is 17.4 Å². The van der Waals surface area contributed by atoms with Crippen LogP contribution >= 0.6 is 22.9 Å². The van der Waals surface area contributed by atoms with Crippen molar-refractivity contribution >= 4 is 22.9 Å². The van der Waals surface area contributed by atoms with E-state index in [-0.39, 0.29) is 5.92 Å². The quantitative estimate of drug-likeness (QED) is 0.840. The van der Waals surface area contributed by atoms with E-state index in [9.17, 15) is 10.2 Å². The maximum absolute atomic E-state index is 9.97. The first-order valence-corrected chi connectivity index (χ1v) is 6.46. The van der Waals surface area contributed by atoms with E-state index in [4.69, 9.17) is 11.6 Å². The molecule has 1 rings (SSSR count). The fraction of sp³-hybridized carbons (Fsp3) is 0.636. The minimum absolute atomic E-state index is 0.123. The Morgan fingerprint density at radius 2 is 1.93 bits per heavy atom. The molecule has 0 aliphatic rings. The summed E-state index contributed by atoms with van der Waals surface area (Å²) < 4.78 is 0. The highest BCUT2D eigenvalue weighted by atomic mass is 35.5. The maximum atomic E-state index is 9.97. The van der Waals surface area contributed by atoms with Gasteiger partial charge in [-0.25, -0.2) is 0 Å². The molecular formula is C11H17ClO2S. The van der Waals surface area contributed by atoms with Crippen LogP contribution in [0, 0.1) is 5.92 Å². The van der Waals surface area contributed by atoms with Crippen LogP contribution in [0.15, 0.2) is 11.4 Å². The number of halogens is 1. The van der Waals surface area contributed by atoms with Crippen LogP contribution < -0.4 is 0 Å². The Morgan fingerprint density at radius 3 is 2.33 bits per heavy atom. The number of aliphatic hydroxyl groups excluding tert-OH is 2. The van der Waals surface area contributed by atoms with Gasteiger partial charge in [-0.1, -0.05) is 38.3 Å². The van der Waals surface area contributed by atoms with Crippen molar-refractivity contribution < 1.29 is 10.2 Å². The Balaban J connectivity index is 2.76. The minimum atomic E-state index is -0.859. The maximum Gasteiger partial charge on any atom is 0.116 e. The summed E-state index contributed by atoms with van der Waals surface area (Å²) in [6.45, 7) is 4.03. The number of thiophene rings is 1. The third kappa shape index (κ3) is 2.94. The standard InChI is InChI=1S/C11H17ClO2S/c1-3-7(4-2)9(13)10(14)11-8(12)5-6-15-11/h5-7,9-10,13-14H,3-4H2,1-2H3. The van der Waals surface area contributed by atoms with Crippen LogP contribution in [0.2, 0.25) is 5.02 Å². The van der Waals surface area contributed by atoms with Crippen LogP contribution in [0.5, 0.6) is 0 Å². The second kappa shape index (κ2) is 5.85. The Kier molecular flexibility index (Phi) is 5.06. The molecule has 1 aromatic rings. The molecule has 0 fully saturated rings. The third-order valence-corrected chi connectivity index (χ3v) is 4.20. The molecule has 0 saturated carbocycles. The number of hydrogen-bond donors (Lipinski definition) is 2. The van der Waals surface area contributed by atoms with Crippen molar-refractivity contribution in [3.63, 3.8) is 0 Å². The van der Waals surface area contributed by atoms with Crippen molar-refractivity contribution in [3.05, 3.63) is 21.3 Å². The Hall–Kier alpha value is -0.0900. The van der Waals surface area contributed by atoms with Gasteiger partial charge in [-0.15, -0.1) is 11.3 Å². The fourth-order valence-electron chi connectivity index (χ4n) is 1.70. The van der Waals surface area contributed by atoms with Crippen molar-refractivity contribution in [1.29, 1.82) is 0 Å². The van der Waals surface area contributed by atoms with Gasteiger partial charge in [-0.2, -0.15) is 0 Å². The van der Waals surface area contributed by atoms with E-state index in [1.165, 1.54) is 11.3 Å². The molecule has 0 spiro atoms. The van der Waals surface area contributed by atoms with Crippen molar-refractivity contribution in [2.24, 2.45) is 5.92 Å². The highest BCUT2D eigenvalue weighted by molar-refractivity contribution is 7.10. The largest absolute Gasteiger partial charge is 0.390 e. The summed E-state index contributed by atoms with van der Waals surface area (Å²) >= 11 is 7.29. The van der Waals surface area contributed by atoms with E-state index in [1.807, 2.05) is 19.2 Å². The van der Waals surface area contributed by atoms with Gasteiger partial charge in [0.05, 0.1) is 16.0 Å². The smallest absolute Gasteiger partial charge is 0.116 e. The summed E-state index contributed by atoms with van der Waals surface area (Å²) in [5.74, 6) is 0.123. The molecule has 2 nitrogen and oxygen atoms in total. The fourth-order valence-corrected chi connectivity index (χ4v) is 2.89. The van der Waals surface area contributed by atoms with Crippen LogP contribution in [0.3, 0.4) is 0 Å². The van der Waals surface area contributed by atoms with Crippen LogP contribution in [0.25, 0.3) is 0 Å². The zero-order valence-electron chi connectivity index (χ0n) is 8.98. The van der Waals surface area contributed by atoms with Crippen LogP contribution in [-0.4, -0.2) is 16.3 Å². The average Bonchev–Trinajstić information content (AvgIpc) is 2.65. The highest BCUT2D eigenvalue weighted by Crippen LogP contribution is 2.33. The Labute approximate surface area is 99.5 Å². The normalized spacial score (nSPS) is 15.6. The summed E-state index contributed by atoms with van der Waals surface area (Å²) in [5, 5.41) is 22.3. The van der Waals surface area contributed by atoms with Crippen LogP contribution in [0.4, 0.5) is 0 Å². The van der Waals surface area contributed by atoms with Crippen molar-refractivity contribution in [1.82, 2.24) is 0 Å². The predicted molar refractivity (Wildman–Crippen MR) is 64.4 cm³/mol. The van der Waals surface area contributed by atoms with Crippen molar-refractivity contribution in [3.8, 4) is 0 Å². The van der Waals surface area contributed by atoms with Gasteiger partial charge in [0.15, 0.2) is 0 Å². The lowest BCUT2D eigenvalue weighted by Gasteiger charge is -2.24. The SMILES string of the molecule is CCC(CC)C(O)C(O)c1sccc1Cl. The lowest BCUT2D eigenvalue weighted by Crippen LogP contribution is -2.26. The summed E-state index contributed by atoms with van der Waals surface area (Å²) in [4.78, 5) is 0.663. The zero-order chi connectivity index (χ0) is 11.4. The second-order valence-corrected chi connectivity index (χ2v) is 5.00. The summed E-state index contributed by atoms with van der Waals surface area (Å²) in [6.07, 6.45) is 0.133. The van der Waals surface area contributed by atoms with E-state index in [0.717, 1.165) is 12.8 Å². The van der Waals surface area contributed by atoms with Crippen LogP contribution in [0.1, 0.15) is 37.7 Å². The molecule has 1 heterocycles. The highest BCUT2D eigenvalue weighted by Gasteiger charge is 2.27. The first-order valence-electron chi connectivity index (χ1n) is 5.20. The monoisotopic (exact) mass is 248 g/mol. The van der Waals surface area contributed by atoms with E-state index in [1.54, 1.807) is 6.07 Å². The zero-order valence-corrected chi connectivity index (χ0v) is 10.6. The number of aliphatic hydroxyl groups is 2. The first-order chi connectivity index (χ1) is 7.11. The van der Waals surface area contributed by atoms with E-state index in [0.29, 0.717) is 9.90 Å². The summed E-state index contributed by atoms with van der Waals surface area (Å²) in [7, 11) is 0. The number of rotatable bonds is 5. The van der Waals surface area contributed by atoms with Gasteiger partial charge < -0.3 is 10.2 Å². The lowest BCUT2D eigenvalue weighted by atomic mass is 9.92. The predicted octanol–water partition coefficient (Wildman–Crippen LogP) is 3.23. The van der Waals surface area contributed by atoms with E-state index >= 15 is 0 Å². The van der Waals surface area contributed by atoms with Gasteiger partial charge >= 0.3 is 0 Å². The first kappa shape index (κ1) is 13.0. The molecule has 2 atom stereocenters. The molecule has 1 aromatic heterocycles. The summed E-state index contributed by atoms with van der Waals surface area (Å²) in [6, 6.07) is 1.74. The molecular weight excluding hydrogens is 232 g/mol. The summed E-state index contributed by atoms with van der Waals surface area (Å²) in [5.41, 5.74) is 0.